The predicted octanol–water partition coefficient (Wildman–Crippen LogP) is -1.45. The van der Waals surface area contributed by atoms with Crippen molar-refractivity contribution < 1.29 is 20.5 Å². The molecule has 0 spiro atoms. The SMILES string of the molecule is C.C=O.O.OCO. The van der Waals surface area contributed by atoms with Crippen molar-refractivity contribution in [3.05, 3.63) is 0 Å². The lowest BCUT2D eigenvalue weighted by atomic mass is 11.6. The van der Waals surface area contributed by atoms with E-state index in [-0.39, 0.29) is 12.9 Å². The fourth-order valence-corrected chi connectivity index (χ4v) is 0. The number of aliphatic hydroxyl groups is 2. The van der Waals surface area contributed by atoms with Crippen molar-refractivity contribution in [3.8, 4) is 0 Å². The Kier molecular flexibility index (Phi) is 1680. The molecule has 48 valence electrons. The molecule has 0 rings (SSSR count). The molecule has 0 atom stereocenters. The van der Waals surface area contributed by atoms with Gasteiger partial charge in [-0.05, 0) is 0 Å². The van der Waals surface area contributed by atoms with E-state index in [2.05, 4.69) is 0 Å². The first-order valence-electron chi connectivity index (χ1n) is 0.921. The summed E-state index contributed by atoms with van der Waals surface area (Å²) in [5.41, 5.74) is 0. The van der Waals surface area contributed by atoms with Crippen LogP contribution in [0.5, 0.6) is 0 Å². The fourth-order valence-electron chi connectivity index (χ4n) is 0. The molecule has 0 aliphatic heterocycles. The highest BCUT2D eigenvalue weighted by Gasteiger charge is 1.32. The Balaban J connectivity index is -0.0000000105. The number of hydrogen-bond acceptors (Lipinski definition) is 3. The minimum absolute atomic E-state index is 0. The normalized spacial score (nSPS) is 3.14. The molecule has 0 saturated heterocycles. The topological polar surface area (TPSA) is 89.0 Å². The Morgan fingerprint density at radius 2 is 1.29 bits per heavy atom. The van der Waals surface area contributed by atoms with Gasteiger partial charge in [-0.2, -0.15) is 0 Å². The van der Waals surface area contributed by atoms with Gasteiger partial charge in [0.2, 0.25) is 0 Å². The highest BCUT2D eigenvalue weighted by Crippen LogP contribution is 1.17. The molecule has 0 aliphatic carbocycles. The van der Waals surface area contributed by atoms with Gasteiger partial charge in [0.05, 0.1) is 0 Å². The summed E-state index contributed by atoms with van der Waals surface area (Å²) < 4.78 is 0. The van der Waals surface area contributed by atoms with Gasteiger partial charge >= 0.3 is 0 Å². The molecule has 0 aliphatic rings. The zero-order valence-corrected chi connectivity index (χ0v) is 3.22. The van der Waals surface area contributed by atoms with E-state index in [4.69, 9.17) is 15.0 Å². The van der Waals surface area contributed by atoms with Gasteiger partial charge in [0.15, 0.2) is 0 Å². The Hall–Kier alpha value is -0.450. The molecule has 7 heavy (non-hydrogen) atoms. The predicted molar refractivity (Wildman–Crippen MR) is 26.8 cm³/mol. The maximum Gasteiger partial charge on any atom is 0.140 e. The standard InChI is InChI=1S/CH4O2.CH2O.CH4.H2O/c2-1-3;1-2;;/h2-3H,1H2;1H2;1H4;1H2. The number of carbonyl (C=O) groups is 1. The van der Waals surface area contributed by atoms with Gasteiger partial charge < -0.3 is 20.5 Å². The van der Waals surface area contributed by atoms with Crippen molar-refractivity contribution in [3.63, 3.8) is 0 Å². The quantitative estimate of drug-likeness (QED) is 0.376. The Bertz CT molecular complexity index is 10.9. The van der Waals surface area contributed by atoms with Crippen molar-refractivity contribution in [1.29, 1.82) is 0 Å². The van der Waals surface area contributed by atoms with E-state index in [0.29, 0.717) is 0 Å². The molecular formula is C3H12O4. The van der Waals surface area contributed by atoms with E-state index in [9.17, 15) is 0 Å². The van der Waals surface area contributed by atoms with Crippen molar-refractivity contribution in [2.45, 2.75) is 7.43 Å². The van der Waals surface area contributed by atoms with Crippen LogP contribution < -0.4 is 0 Å². The molecule has 0 heterocycles. The van der Waals surface area contributed by atoms with Gasteiger partial charge in [0.25, 0.3) is 0 Å². The fraction of sp³-hybridized carbons (Fsp3) is 0.667. The molecule has 0 unspecified atom stereocenters. The lowest BCUT2D eigenvalue weighted by Crippen LogP contribution is -1.66. The number of hydrogen-bond donors (Lipinski definition) is 2. The molecular weight excluding hydrogens is 100 g/mol. The third-order valence-corrected chi connectivity index (χ3v) is 0. The van der Waals surface area contributed by atoms with E-state index >= 15 is 0 Å². The average Bonchev–Trinajstić information content (AvgIpc) is 1.46. The van der Waals surface area contributed by atoms with E-state index in [1.807, 2.05) is 6.79 Å². The second-order valence-electron chi connectivity index (χ2n) is 0.141. The van der Waals surface area contributed by atoms with E-state index in [0.717, 1.165) is 0 Å². The van der Waals surface area contributed by atoms with Gasteiger partial charge in [0, 0.05) is 0 Å². The first kappa shape index (κ1) is 31.0. The van der Waals surface area contributed by atoms with Crippen LogP contribution in [0.3, 0.4) is 0 Å². The molecule has 0 aromatic carbocycles. The van der Waals surface area contributed by atoms with Crippen molar-refractivity contribution in [1.82, 2.24) is 0 Å². The number of aliphatic hydroxyl groups excluding tert-OH is 1. The monoisotopic (exact) mass is 112 g/mol. The summed E-state index contributed by atoms with van der Waals surface area (Å²) in [6, 6.07) is 0. The number of carbonyl (C=O) groups excluding carboxylic acids is 1. The van der Waals surface area contributed by atoms with Crippen LogP contribution in [0.25, 0.3) is 0 Å². The van der Waals surface area contributed by atoms with E-state index in [1.54, 1.807) is 0 Å². The molecule has 0 saturated carbocycles. The second-order valence-corrected chi connectivity index (χ2v) is 0.141. The molecule has 4 N–H and O–H groups in total. The van der Waals surface area contributed by atoms with Gasteiger partial charge in [-0.1, -0.05) is 7.43 Å². The summed E-state index contributed by atoms with van der Waals surface area (Å²) in [6.07, 6.45) is 0. The minimum Gasteiger partial charge on any atom is -0.412 e. The zero-order chi connectivity index (χ0) is 4.71. The van der Waals surface area contributed by atoms with Crippen LogP contribution in [0, 0.1) is 0 Å². The molecule has 0 aromatic heterocycles. The molecule has 0 amide bonds. The third-order valence-electron chi connectivity index (χ3n) is 0. The lowest BCUT2D eigenvalue weighted by Gasteiger charge is -1.55. The summed E-state index contributed by atoms with van der Waals surface area (Å²) in [6.45, 7) is 1.25. The van der Waals surface area contributed by atoms with Gasteiger partial charge in [-0.3, -0.25) is 0 Å². The molecule has 0 fully saturated rings. The van der Waals surface area contributed by atoms with Crippen molar-refractivity contribution in [2.24, 2.45) is 0 Å². The molecule has 4 nitrogen and oxygen atoms in total. The van der Waals surface area contributed by atoms with Crippen LogP contribution in [0.2, 0.25) is 0 Å². The number of rotatable bonds is 0. The Morgan fingerprint density at radius 3 is 1.29 bits per heavy atom. The van der Waals surface area contributed by atoms with Crippen LogP contribution >= 0.6 is 0 Å². The van der Waals surface area contributed by atoms with Crippen LogP contribution in [-0.2, 0) is 4.79 Å². The molecule has 0 bridgehead atoms. The van der Waals surface area contributed by atoms with Gasteiger partial charge in [-0.15, -0.1) is 0 Å². The summed E-state index contributed by atoms with van der Waals surface area (Å²) in [5.74, 6) is 0. The Morgan fingerprint density at radius 1 is 1.29 bits per heavy atom. The van der Waals surface area contributed by atoms with E-state index < -0.39 is 6.79 Å². The zero-order valence-electron chi connectivity index (χ0n) is 3.22. The third kappa shape index (κ3) is 345. The van der Waals surface area contributed by atoms with Crippen molar-refractivity contribution >= 4 is 6.79 Å². The maximum absolute atomic E-state index is 8.00. The van der Waals surface area contributed by atoms with E-state index in [1.165, 1.54) is 0 Å². The maximum atomic E-state index is 8.00. The summed E-state index contributed by atoms with van der Waals surface area (Å²) in [5, 5.41) is 14.2. The average molecular weight is 112 g/mol. The first-order valence-corrected chi connectivity index (χ1v) is 0.921. The minimum atomic E-state index is -0.750. The smallest absolute Gasteiger partial charge is 0.140 e. The first-order chi connectivity index (χ1) is 2.41. The highest BCUT2D eigenvalue weighted by molar-refractivity contribution is 5.10. The van der Waals surface area contributed by atoms with Crippen LogP contribution in [0.4, 0.5) is 0 Å². The van der Waals surface area contributed by atoms with Crippen LogP contribution in [-0.4, -0.2) is 29.3 Å². The lowest BCUT2D eigenvalue weighted by molar-refractivity contribution is -0.0979. The molecule has 0 radical (unpaired) electrons. The van der Waals surface area contributed by atoms with Gasteiger partial charge in [0.1, 0.15) is 13.6 Å². The van der Waals surface area contributed by atoms with Crippen LogP contribution in [0.1, 0.15) is 7.43 Å². The Labute approximate surface area is 42.7 Å². The summed E-state index contributed by atoms with van der Waals surface area (Å²) >= 11 is 0. The van der Waals surface area contributed by atoms with Crippen molar-refractivity contribution in [2.75, 3.05) is 6.79 Å². The van der Waals surface area contributed by atoms with Gasteiger partial charge in [-0.25, -0.2) is 0 Å². The largest absolute Gasteiger partial charge is 0.412 e. The van der Waals surface area contributed by atoms with Crippen LogP contribution in [0.15, 0.2) is 0 Å². The summed E-state index contributed by atoms with van der Waals surface area (Å²) in [7, 11) is 0. The molecule has 0 aromatic rings. The summed E-state index contributed by atoms with van der Waals surface area (Å²) in [4.78, 5) is 8.00. The highest BCUT2D eigenvalue weighted by atomic mass is 16.5. The second kappa shape index (κ2) is 380. The molecule has 4 heteroatoms.